The van der Waals surface area contributed by atoms with Gasteiger partial charge in [-0.05, 0) is 153 Å². The van der Waals surface area contributed by atoms with Gasteiger partial charge in [-0.25, -0.2) is 0 Å². The number of ether oxygens (including phenoxy) is 1. The number of amides is 4. The summed E-state index contributed by atoms with van der Waals surface area (Å²) in [7, 11) is 0. The highest BCUT2D eigenvalue weighted by Gasteiger charge is 2.54. The number of carbonyl (C=O) groups is 4. The third-order valence-electron chi connectivity index (χ3n) is 14.9. The van der Waals surface area contributed by atoms with Gasteiger partial charge in [0, 0.05) is 32.2 Å². The molecule has 54 heavy (non-hydrogen) atoms. The average molecular weight is 751 g/mol. The maximum absolute atomic E-state index is 13.5. The second-order valence-electron chi connectivity index (χ2n) is 18.2. The van der Waals surface area contributed by atoms with Crippen LogP contribution in [0.1, 0.15) is 148 Å². The van der Waals surface area contributed by atoms with Crippen LogP contribution in [0.4, 0.5) is 0 Å². The summed E-state index contributed by atoms with van der Waals surface area (Å²) in [5, 5.41) is 12.6. The lowest BCUT2D eigenvalue weighted by atomic mass is 9.68. The molecule has 0 spiro atoms. The smallest absolute Gasteiger partial charge is 0.249 e. The van der Waals surface area contributed by atoms with Crippen molar-refractivity contribution in [3.63, 3.8) is 0 Å². The van der Waals surface area contributed by atoms with E-state index in [4.69, 9.17) is 4.74 Å². The van der Waals surface area contributed by atoms with Gasteiger partial charge in [0.15, 0.2) is 0 Å². The molecule has 0 radical (unpaired) electrons. The molecule has 3 heterocycles. The normalized spacial score (nSPS) is 35.8. The average Bonchev–Trinajstić information content (AvgIpc) is 3.31. The van der Waals surface area contributed by atoms with Crippen molar-refractivity contribution in [3.8, 4) is 0 Å². The quantitative estimate of drug-likeness (QED) is 0.139. The van der Waals surface area contributed by atoms with Crippen molar-refractivity contribution in [3.05, 3.63) is 11.1 Å². The van der Waals surface area contributed by atoms with E-state index in [0.29, 0.717) is 30.8 Å². The molecule has 0 aromatic heterocycles. The predicted molar refractivity (Wildman–Crippen MR) is 208 cm³/mol. The standard InChI is InChI=1S/C44H70N4O6/c1-2-36(30-9-4-3-5-10-30)41(31-11-16-34(49)17-12-31)32-13-18-35(19-14-32)54-28-7-6-23-46-24-8-25-47(27-26-46)33-15-20-37-38(29-33)44(53)48(43(37)52)39-21-22-40(50)45-42(39)51/h30-35,37-39,49H,2-29H2,1H3,(H,45,50,51)/b41-36-. The van der Waals surface area contributed by atoms with Gasteiger partial charge in [0.2, 0.25) is 23.6 Å². The SMILES string of the molecule is CC/C(=C(\C1CCC(O)CC1)C1CCC(OCCCCN2CCCN(C3CCC4C(=O)N(C5CCC(=O)NC5=O)C(=O)C4C3)CC2)CC1)C1CCCCC1. The summed E-state index contributed by atoms with van der Waals surface area (Å²) in [5.74, 6) is 0.259. The molecular formula is C44H70N4O6. The maximum Gasteiger partial charge on any atom is 0.249 e. The summed E-state index contributed by atoms with van der Waals surface area (Å²) in [6.45, 7) is 8.49. The lowest BCUT2D eigenvalue weighted by molar-refractivity contribution is -0.151. The Morgan fingerprint density at radius 2 is 1.44 bits per heavy atom. The van der Waals surface area contributed by atoms with Crippen LogP contribution in [0.15, 0.2) is 11.1 Å². The Kier molecular flexibility index (Phi) is 14.0. The van der Waals surface area contributed by atoms with Crippen molar-refractivity contribution in [2.24, 2.45) is 29.6 Å². The third-order valence-corrected chi connectivity index (χ3v) is 14.9. The molecule has 10 nitrogen and oxygen atoms in total. The van der Waals surface area contributed by atoms with Crippen LogP contribution in [0, 0.1) is 29.6 Å². The molecule has 3 aliphatic heterocycles. The Balaban J connectivity index is 0.817. The van der Waals surface area contributed by atoms with Crippen molar-refractivity contribution >= 4 is 23.6 Å². The Labute approximate surface area is 324 Å². The first-order valence-corrected chi connectivity index (χ1v) is 22.5. The number of imide groups is 2. The van der Waals surface area contributed by atoms with Gasteiger partial charge in [-0.1, -0.05) is 37.3 Å². The van der Waals surface area contributed by atoms with Gasteiger partial charge < -0.3 is 14.7 Å². The minimum Gasteiger partial charge on any atom is -0.393 e. The van der Waals surface area contributed by atoms with E-state index in [0.717, 1.165) is 83.8 Å². The number of hydrogen-bond acceptors (Lipinski definition) is 8. The van der Waals surface area contributed by atoms with Crippen LogP contribution < -0.4 is 5.32 Å². The van der Waals surface area contributed by atoms with E-state index in [1.807, 2.05) is 11.1 Å². The second-order valence-corrected chi connectivity index (χ2v) is 18.2. The summed E-state index contributed by atoms with van der Waals surface area (Å²) >= 11 is 0. The molecule has 0 bridgehead atoms. The van der Waals surface area contributed by atoms with Gasteiger partial charge in [-0.2, -0.15) is 0 Å². The van der Waals surface area contributed by atoms with Crippen LogP contribution >= 0.6 is 0 Å². The number of unbranched alkanes of at least 4 members (excludes halogenated alkanes) is 1. The largest absolute Gasteiger partial charge is 0.393 e. The van der Waals surface area contributed by atoms with Gasteiger partial charge in [-0.3, -0.25) is 34.3 Å². The number of carbonyl (C=O) groups excluding carboxylic acids is 4. The van der Waals surface area contributed by atoms with Crippen LogP contribution in [-0.2, 0) is 23.9 Å². The predicted octanol–water partition coefficient (Wildman–Crippen LogP) is 6.15. The van der Waals surface area contributed by atoms with Crippen LogP contribution in [0.2, 0.25) is 0 Å². The highest BCUT2D eigenvalue weighted by molar-refractivity contribution is 6.10. The summed E-state index contributed by atoms with van der Waals surface area (Å²) in [6.07, 6.45) is 23.7. The van der Waals surface area contributed by atoms with Gasteiger partial charge in [0.25, 0.3) is 0 Å². The van der Waals surface area contributed by atoms with Crippen LogP contribution in [0.25, 0.3) is 0 Å². The Hall–Kier alpha value is -2.14. The highest BCUT2D eigenvalue weighted by atomic mass is 16.5. The molecule has 4 aliphatic carbocycles. The van der Waals surface area contributed by atoms with Crippen molar-refractivity contribution in [1.29, 1.82) is 0 Å². The van der Waals surface area contributed by atoms with Gasteiger partial charge in [-0.15, -0.1) is 0 Å². The topological polar surface area (TPSA) is 119 Å². The number of aliphatic hydroxyl groups is 1. The van der Waals surface area contributed by atoms with E-state index in [9.17, 15) is 24.3 Å². The van der Waals surface area contributed by atoms with Crippen LogP contribution in [0.3, 0.4) is 0 Å². The Morgan fingerprint density at radius 1 is 0.722 bits per heavy atom. The molecule has 2 N–H and O–H groups in total. The van der Waals surface area contributed by atoms with E-state index >= 15 is 0 Å². The molecule has 4 saturated carbocycles. The van der Waals surface area contributed by atoms with E-state index in [1.165, 1.54) is 81.9 Å². The number of fused-ring (bicyclic) bond motifs is 1. The summed E-state index contributed by atoms with van der Waals surface area (Å²) in [5.41, 5.74) is 3.67. The number of aliphatic hydroxyl groups excluding tert-OH is 1. The first kappa shape index (κ1) is 40.1. The Morgan fingerprint density at radius 3 is 2.17 bits per heavy atom. The van der Waals surface area contributed by atoms with Crippen molar-refractivity contribution in [2.75, 3.05) is 39.3 Å². The molecule has 302 valence electrons. The van der Waals surface area contributed by atoms with Crippen molar-refractivity contribution < 1.29 is 29.0 Å². The minimum absolute atomic E-state index is 0.0903. The first-order chi connectivity index (χ1) is 26.3. The van der Waals surface area contributed by atoms with Crippen molar-refractivity contribution in [2.45, 2.75) is 172 Å². The summed E-state index contributed by atoms with van der Waals surface area (Å²) in [4.78, 5) is 57.3. The molecule has 10 heteroatoms. The molecule has 7 aliphatic rings. The highest BCUT2D eigenvalue weighted by Crippen LogP contribution is 2.46. The number of rotatable bonds is 12. The number of piperidine rings is 1. The van der Waals surface area contributed by atoms with Gasteiger partial charge >= 0.3 is 0 Å². The van der Waals surface area contributed by atoms with Crippen LogP contribution in [-0.4, -0.2) is 107 Å². The lowest BCUT2D eigenvalue weighted by Crippen LogP contribution is -2.54. The first-order valence-electron chi connectivity index (χ1n) is 22.5. The fourth-order valence-electron chi connectivity index (χ4n) is 12.0. The second kappa shape index (κ2) is 18.9. The zero-order valence-electron chi connectivity index (χ0n) is 33.3. The van der Waals surface area contributed by atoms with Crippen molar-refractivity contribution in [1.82, 2.24) is 20.0 Å². The fraction of sp³-hybridized carbons (Fsp3) is 0.864. The zero-order valence-corrected chi connectivity index (χ0v) is 33.3. The van der Waals surface area contributed by atoms with E-state index < -0.39 is 11.9 Å². The molecule has 7 fully saturated rings. The third kappa shape index (κ3) is 9.34. The minimum atomic E-state index is -0.845. The van der Waals surface area contributed by atoms with E-state index in [2.05, 4.69) is 22.0 Å². The van der Waals surface area contributed by atoms with E-state index in [1.54, 1.807) is 0 Å². The molecule has 4 amide bonds. The molecular weight excluding hydrogens is 681 g/mol. The molecule has 3 saturated heterocycles. The fourth-order valence-corrected chi connectivity index (χ4v) is 12.0. The monoisotopic (exact) mass is 751 g/mol. The van der Waals surface area contributed by atoms with Gasteiger partial charge in [0.1, 0.15) is 6.04 Å². The van der Waals surface area contributed by atoms with Gasteiger partial charge in [0.05, 0.1) is 24.0 Å². The van der Waals surface area contributed by atoms with E-state index in [-0.39, 0.29) is 54.5 Å². The number of hydrogen-bond donors (Lipinski definition) is 2. The Bertz CT molecular complexity index is 1350. The number of likely N-dealkylation sites (tertiary alicyclic amines) is 1. The number of nitrogens with zero attached hydrogens (tertiary/aromatic N) is 3. The molecule has 4 unspecified atom stereocenters. The molecule has 0 aromatic rings. The molecule has 7 rings (SSSR count). The summed E-state index contributed by atoms with van der Waals surface area (Å²) in [6, 6.07) is -0.557. The lowest BCUT2D eigenvalue weighted by Gasteiger charge is -2.39. The molecule has 0 aromatic carbocycles. The summed E-state index contributed by atoms with van der Waals surface area (Å²) < 4.78 is 6.52. The maximum atomic E-state index is 13.5. The zero-order chi connectivity index (χ0) is 37.6. The molecule has 4 atom stereocenters. The number of allylic oxidation sites excluding steroid dienone is 2. The number of nitrogens with one attached hydrogen (secondary N) is 1. The van der Waals surface area contributed by atoms with Crippen LogP contribution in [0.5, 0.6) is 0 Å².